The number of fused-ring (bicyclic) bond motifs is 3. The van der Waals surface area contributed by atoms with Crippen LogP contribution in [-0.2, 0) is 0 Å². The first kappa shape index (κ1) is 16.5. The Kier molecular flexibility index (Phi) is 3.64. The van der Waals surface area contributed by atoms with Crippen molar-refractivity contribution in [2.24, 2.45) is 11.3 Å². The highest BCUT2D eigenvalue weighted by Gasteiger charge is 2.49. The van der Waals surface area contributed by atoms with Crippen LogP contribution in [0.2, 0.25) is 0 Å². The van der Waals surface area contributed by atoms with Gasteiger partial charge in [0.2, 0.25) is 0 Å². The van der Waals surface area contributed by atoms with Crippen molar-refractivity contribution in [1.82, 2.24) is 0 Å². The van der Waals surface area contributed by atoms with E-state index in [1.807, 2.05) is 6.07 Å². The fraction of sp³-hybridized carbons (Fsp3) is 0.478. The summed E-state index contributed by atoms with van der Waals surface area (Å²) in [4.78, 5) is 2.68. The molecule has 0 aliphatic carbocycles. The summed E-state index contributed by atoms with van der Waals surface area (Å²) >= 11 is 0. The number of para-hydroxylation sites is 1. The second-order valence-corrected chi connectivity index (χ2v) is 8.42. The fourth-order valence-electron chi connectivity index (χ4n) is 5.06. The first-order chi connectivity index (χ1) is 11.9. The molecule has 1 aliphatic rings. The van der Waals surface area contributed by atoms with Crippen LogP contribution in [0.4, 0.5) is 5.69 Å². The van der Waals surface area contributed by atoms with Gasteiger partial charge in [-0.25, -0.2) is 0 Å². The molecule has 1 aromatic heterocycles. The minimum absolute atomic E-state index is 0.314. The molecule has 25 heavy (non-hydrogen) atoms. The zero-order valence-corrected chi connectivity index (χ0v) is 16.3. The van der Waals surface area contributed by atoms with E-state index in [4.69, 9.17) is 4.42 Å². The maximum Gasteiger partial charge on any atom is 0.135 e. The number of benzene rings is 2. The lowest BCUT2D eigenvalue weighted by Crippen LogP contribution is -2.39. The third-order valence-corrected chi connectivity index (χ3v) is 6.89. The second-order valence-electron chi connectivity index (χ2n) is 8.42. The van der Waals surface area contributed by atoms with Crippen molar-refractivity contribution in [3.63, 3.8) is 0 Å². The fourth-order valence-corrected chi connectivity index (χ4v) is 5.06. The van der Waals surface area contributed by atoms with E-state index in [1.54, 1.807) is 0 Å². The number of rotatable bonds is 2. The average Bonchev–Trinajstić information content (AvgIpc) is 3.01. The number of aryl methyl sites for hydroxylation is 1. The second kappa shape index (κ2) is 5.52. The van der Waals surface area contributed by atoms with Crippen molar-refractivity contribution in [2.75, 3.05) is 4.90 Å². The van der Waals surface area contributed by atoms with Gasteiger partial charge in [-0.15, -0.1) is 0 Å². The SMILES string of the molecule is CCC1N(c2cc3c(cc2C)oc2ccccc23)[C@@H](C)C(C)C1(C)C. The van der Waals surface area contributed by atoms with Crippen LogP contribution in [0.25, 0.3) is 21.9 Å². The molecule has 0 amide bonds. The maximum atomic E-state index is 6.07. The summed E-state index contributed by atoms with van der Waals surface area (Å²) in [5.41, 5.74) is 4.96. The Labute approximate surface area is 150 Å². The van der Waals surface area contributed by atoms with Gasteiger partial charge in [0.05, 0.1) is 0 Å². The Balaban J connectivity index is 1.94. The van der Waals surface area contributed by atoms with Gasteiger partial charge in [0.1, 0.15) is 11.2 Å². The molecule has 0 N–H and O–H groups in total. The smallest absolute Gasteiger partial charge is 0.135 e. The highest BCUT2D eigenvalue weighted by molar-refractivity contribution is 6.06. The van der Waals surface area contributed by atoms with Crippen molar-refractivity contribution in [2.45, 2.75) is 60.0 Å². The molecule has 132 valence electrons. The predicted octanol–water partition coefficient (Wildman–Crippen LogP) is 6.54. The first-order valence-electron chi connectivity index (χ1n) is 9.56. The molecule has 2 aromatic carbocycles. The van der Waals surface area contributed by atoms with E-state index in [-0.39, 0.29) is 0 Å². The van der Waals surface area contributed by atoms with Crippen LogP contribution >= 0.6 is 0 Å². The summed E-state index contributed by atoms with van der Waals surface area (Å²) in [6.45, 7) is 14.2. The average molecular weight is 335 g/mol. The molecule has 3 atom stereocenters. The van der Waals surface area contributed by atoms with Gasteiger partial charge in [-0.2, -0.15) is 0 Å². The quantitative estimate of drug-likeness (QED) is 0.528. The van der Waals surface area contributed by atoms with E-state index >= 15 is 0 Å². The Morgan fingerprint density at radius 2 is 1.76 bits per heavy atom. The van der Waals surface area contributed by atoms with Gasteiger partial charge >= 0.3 is 0 Å². The van der Waals surface area contributed by atoms with E-state index in [0.29, 0.717) is 23.4 Å². The van der Waals surface area contributed by atoms with Crippen LogP contribution in [0.3, 0.4) is 0 Å². The minimum atomic E-state index is 0.314. The van der Waals surface area contributed by atoms with E-state index in [1.165, 1.54) is 28.4 Å². The maximum absolute atomic E-state index is 6.07. The monoisotopic (exact) mass is 335 g/mol. The Morgan fingerprint density at radius 3 is 2.48 bits per heavy atom. The van der Waals surface area contributed by atoms with E-state index in [9.17, 15) is 0 Å². The minimum Gasteiger partial charge on any atom is -0.456 e. The third-order valence-electron chi connectivity index (χ3n) is 6.89. The molecule has 1 saturated heterocycles. The van der Waals surface area contributed by atoms with Gasteiger partial charge < -0.3 is 9.32 Å². The largest absolute Gasteiger partial charge is 0.456 e. The number of hydrogen-bond donors (Lipinski definition) is 0. The standard InChI is InChI=1S/C23H29NO/c1-7-22-23(5,6)15(3)16(4)24(22)19-13-18-17-10-8-9-11-20(17)25-21(18)12-14(19)2/h8-13,15-16,22H,7H2,1-6H3/t15?,16-,22?/m0/s1. The highest BCUT2D eigenvalue weighted by Crippen LogP contribution is 2.49. The molecule has 2 nitrogen and oxygen atoms in total. The summed E-state index contributed by atoms with van der Waals surface area (Å²) < 4.78 is 6.07. The summed E-state index contributed by atoms with van der Waals surface area (Å²) in [6, 6.07) is 14.0. The predicted molar refractivity (Wildman–Crippen MR) is 107 cm³/mol. The zero-order chi connectivity index (χ0) is 17.9. The van der Waals surface area contributed by atoms with Crippen LogP contribution < -0.4 is 4.90 Å². The Bertz CT molecular complexity index is 936. The normalized spacial score (nSPS) is 26.0. The van der Waals surface area contributed by atoms with E-state index in [2.05, 4.69) is 76.8 Å². The molecule has 2 heterocycles. The molecule has 2 unspecified atom stereocenters. The number of hydrogen-bond acceptors (Lipinski definition) is 2. The van der Waals surface area contributed by atoms with Crippen LogP contribution in [0.5, 0.6) is 0 Å². The van der Waals surface area contributed by atoms with Crippen LogP contribution in [0.1, 0.15) is 46.6 Å². The number of anilines is 1. The van der Waals surface area contributed by atoms with Gasteiger partial charge in [-0.05, 0) is 55.4 Å². The van der Waals surface area contributed by atoms with Gasteiger partial charge in [0, 0.05) is 28.5 Å². The lowest BCUT2D eigenvalue weighted by Gasteiger charge is -2.36. The summed E-state index contributed by atoms with van der Waals surface area (Å²) in [7, 11) is 0. The summed E-state index contributed by atoms with van der Waals surface area (Å²) in [5, 5.41) is 2.45. The van der Waals surface area contributed by atoms with Crippen molar-refractivity contribution in [1.29, 1.82) is 0 Å². The molecule has 0 spiro atoms. The topological polar surface area (TPSA) is 16.4 Å². The molecular weight excluding hydrogens is 306 g/mol. The molecule has 0 saturated carbocycles. The van der Waals surface area contributed by atoms with Crippen LogP contribution in [-0.4, -0.2) is 12.1 Å². The first-order valence-corrected chi connectivity index (χ1v) is 9.56. The van der Waals surface area contributed by atoms with Crippen molar-refractivity contribution in [3.05, 3.63) is 42.0 Å². The lowest BCUT2D eigenvalue weighted by molar-refractivity contribution is 0.237. The molecule has 0 bridgehead atoms. The van der Waals surface area contributed by atoms with Crippen LogP contribution in [0.15, 0.2) is 40.8 Å². The zero-order valence-electron chi connectivity index (χ0n) is 16.3. The van der Waals surface area contributed by atoms with Gasteiger partial charge in [-0.3, -0.25) is 0 Å². The Hall–Kier alpha value is -1.96. The molecule has 1 fully saturated rings. The molecule has 0 radical (unpaired) electrons. The molecule has 3 aromatic rings. The van der Waals surface area contributed by atoms with Gasteiger partial charge in [-0.1, -0.05) is 45.9 Å². The summed E-state index contributed by atoms with van der Waals surface area (Å²) in [5.74, 6) is 0.661. The van der Waals surface area contributed by atoms with Crippen LogP contribution in [0, 0.1) is 18.3 Å². The summed E-state index contributed by atoms with van der Waals surface area (Å²) in [6.07, 6.45) is 1.17. The van der Waals surface area contributed by atoms with Crippen molar-refractivity contribution in [3.8, 4) is 0 Å². The van der Waals surface area contributed by atoms with E-state index in [0.717, 1.165) is 11.2 Å². The number of furan rings is 1. The van der Waals surface area contributed by atoms with Gasteiger partial charge in [0.25, 0.3) is 0 Å². The van der Waals surface area contributed by atoms with Crippen molar-refractivity contribution >= 4 is 27.6 Å². The van der Waals surface area contributed by atoms with E-state index < -0.39 is 0 Å². The molecule has 1 aliphatic heterocycles. The molecule has 4 rings (SSSR count). The lowest BCUT2D eigenvalue weighted by atomic mass is 9.75. The van der Waals surface area contributed by atoms with Crippen molar-refractivity contribution < 1.29 is 4.42 Å². The number of nitrogens with zero attached hydrogens (tertiary/aromatic N) is 1. The molecular formula is C23H29NO. The highest BCUT2D eigenvalue weighted by atomic mass is 16.3. The Morgan fingerprint density at radius 1 is 1.04 bits per heavy atom. The third kappa shape index (κ3) is 2.23. The molecule has 2 heteroatoms. The van der Waals surface area contributed by atoms with Gasteiger partial charge in [0.15, 0.2) is 0 Å².